The van der Waals surface area contributed by atoms with E-state index in [2.05, 4.69) is 15.4 Å². The Morgan fingerprint density at radius 3 is 2.09 bits per heavy atom. The molecule has 1 heterocycles. The predicted octanol–water partition coefficient (Wildman–Crippen LogP) is 6.71. The molecule has 0 bridgehead atoms. The zero-order valence-corrected chi connectivity index (χ0v) is 22.7. The van der Waals surface area contributed by atoms with Gasteiger partial charge in [0.05, 0.1) is 27.3 Å². The molecule has 0 saturated heterocycles. The van der Waals surface area contributed by atoms with Crippen LogP contribution in [-0.4, -0.2) is 53.4 Å². The molecule has 0 fully saturated rings. The normalized spacial score (nSPS) is 11.4. The summed E-state index contributed by atoms with van der Waals surface area (Å²) in [4.78, 5) is 36.9. The zero-order chi connectivity index (χ0) is 32.8. The third-order valence-electron chi connectivity index (χ3n) is 6.53. The Bertz CT molecular complexity index is 2050. The molecule has 0 radical (unpaired) electrons. The van der Waals surface area contributed by atoms with Gasteiger partial charge in [0, 0.05) is 16.7 Å². The van der Waals surface area contributed by atoms with Crippen molar-refractivity contribution in [3.05, 3.63) is 106 Å². The Kier molecular flexibility index (Phi) is 7.81. The maximum Gasteiger partial charge on any atom is 0.416 e. The van der Waals surface area contributed by atoms with Gasteiger partial charge in [0.25, 0.3) is 0 Å². The minimum atomic E-state index is -5.02. The van der Waals surface area contributed by atoms with Crippen LogP contribution in [0.1, 0.15) is 36.6 Å². The van der Waals surface area contributed by atoms with Crippen LogP contribution >= 0.6 is 11.6 Å². The third-order valence-corrected chi connectivity index (χ3v) is 6.84. The maximum atomic E-state index is 16.0. The lowest BCUT2D eigenvalue weighted by atomic mass is 9.85. The Hall–Kier alpha value is -5.70. The van der Waals surface area contributed by atoms with E-state index < -0.39 is 86.2 Å². The minimum Gasteiger partial charge on any atom is -0.478 e. The van der Waals surface area contributed by atoms with Gasteiger partial charge in [-0.3, -0.25) is 0 Å². The summed E-state index contributed by atoms with van der Waals surface area (Å²) in [5.41, 5.74) is -6.95. The van der Waals surface area contributed by atoms with E-state index in [0.717, 1.165) is 18.2 Å². The van der Waals surface area contributed by atoms with E-state index in [1.807, 2.05) is 0 Å². The molecule has 5 rings (SSSR count). The number of tetrazole rings is 1. The molecule has 0 amide bonds. The molecule has 228 valence electrons. The van der Waals surface area contributed by atoms with Crippen LogP contribution in [0.4, 0.5) is 22.0 Å². The van der Waals surface area contributed by atoms with Crippen LogP contribution in [0.25, 0.3) is 39.3 Å². The molecule has 3 N–H and O–H groups in total. The number of rotatable bonds is 7. The lowest BCUT2D eigenvalue weighted by Crippen LogP contribution is -2.13. The first-order valence-corrected chi connectivity index (χ1v) is 12.7. The fourth-order valence-corrected chi connectivity index (χ4v) is 4.92. The summed E-state index contributed by atoms with van der Waals surface area (Å²) in [7, 11) is 0. The van der Waals surface area contributed by atoms with Gasteiger partial charge in [-0.05, 0) is 58.8 Å². The van der Waals surface area contributed by atoms with Gasteiger partial charge < -0.3 is 15.3 Å². The van der Waals surface area contributed by atoms with E-state index in [0.29, 0.717) is 29.1 Å². The molecule has 4 aromatic carbocycles. The van der Waals surface area contributed by atoms with Crippen molar-refractivity contribution in [2.75, 3.05) is 0 Å². The SMILES string of the molecule is O=C(O)c1ccc(C(F)(F)F)cc1-c1c(C(=O)O)cc(F)c(-n2nnc(-c3cccc(Cl)c3C(=O)O)n2)c1-c1cccc(F)c1. The van der Waals surface area contributed by atoms with Crippen LogP contribution in [0.5, 0.6) is 0 Å². The number of nitrogens with zero attached hydrogens (tertiary/aromatic N) is 4. The quantitative estimate of drug-likeness (QED) is 0.164. The van der Waals surface area contributed by atoms with Gasteiger partial charge in [-0.1, -0.05) is 35.9 Å². The van der Waals surface area contributed by atoms with Crippen molar-refractivity contribution in [1.29, 1.82) is 0 Å². The molecule has 1 aromatic heterocycles. The van der Waals surface area contributed by atoms with E-state index in [4.69, 9.17) is 11.6 Å². The molecular weight excluding hydrogens is 631 g/mol. The summed E-state index contributed by atoms with van der Waals surface area (Å²) in [6, 6.07) is 9.84. The zero-order valence-electron chi connectivity index (χ0n) is 22.0. The fourth-order valence-electron chi connectivity index (χ4n) is 4.67. The number of hydrogen-bond acceptors (Lipinski definition) is 6. The molecular formula is C29H14ClF5N4O6. The van der Waals surface area contributed by atoms with Gasteiger partial charge in [-0.2, -0.15) is 13.2 Å². The van der Waals surface area contributed by atoms with Gasteiger partial charge in [-0.15, -0.1) is 15.0 Å². The highest BCUT2D eigenvalue weighted by atomic mass is 35.5. The van der Waals surface area contributed by atoms with Crippen LogP contribution in [-0.2, 0) is 6.18 Å². The van der Waals surface area contributed by atoms with E-state index in [1.54, 1.807) is 0 Å². The average molecular weight is 645 g/mol. The van der Waals surface area contributed by atoms with Crippen molar-refractivity contribution in [2.45, 2.75) is 6.18 Å². The van der Waals surface area contributed by atoms with Crippen LogP contribution in [0, 0.1) is 11.6 Å². The highest BCUT2D eigenvalue weighted by Crippen LogP contribution is 2.44. The van der Waals surface area contributed by atoms with Crippen LogP contribution in [0.3, 0.4) is 0 Å². The molecule has 0 spiro atoms. The van der Waals surface area contributed by atoms with Crippen molar-refractivity contribution < 1.29 is 51.7 Å². The Balaban J connectivity index is 1.93. The van der Waals surface area contributed by atoms with E-state index in [9.17, 15) is 47.3 Å². The topological polar surface area (TPSA) is 156 Å². The monoisotopic (exact) mass is 644 g/mol. The molecule has 0 aliphatic carbocycles. The standard InChI is InChI=1S/C29H14ClF5N4O6/c30-19-6-2-5-16(23(19)28(44)45)25-36-38-39(37-25)24-20(32)11-18(27(42)43)22(21(24)12-3-1-4-14(31)9-12)17-10-13(29(33,34)35)7-8-15(17)26(40)41/h1-11H,(H,40,41)(H,42,43)(H,44,45). The second kappa shape index (κ2) is 11.4. The second-order valence-electron chi connectivity index (χ2n) is 9.25. The minimum absolute atomic E-state index is 0.164. The van der Waals surface area contributed by atoms with E-state index >= 15 is 4.39 Å². The number of aromatic nitrogens is 4. The first kappa shape index (κ1) is 30.7. The van der Waals surface area contributed by atoms with Crippen LogP contribution < -0.4 is 0 Å². The number of carbonyl (C=O) groups is 3. The van der Waals surface area contributed by atoms with Gasteiger partial charge in [0.2, 0.25) is 5.82 Å². The van der Waals surface area contributed by atoms with Crippen molar-refractivity contribution in [3.8, 4) is 39.3 Å². The Labute approximate surface area is 252 Å². The number of hydrogen-bond donors (Lipinski definition) is 3. The summed E-state index contributed by atoms with van der Waals surface area (Å²) in [6.07, 6.45) is -5.02. The Morgan fingerprint density at radius 2 is 1.47 bits per heavy atom. The van der Waals surface area contributed by atoms with Gasteiger partial charge in [0.1, 0.15) is 11.5 Å². The average Bonchev–Trinajstić information content (AvgIpc) is 3.45. The number of halogens is 6. The number of benzene rings is 4. The second-order valence-corrected chi connectivity index (χ2v) is 9.66. The number of alkyl halides is 3. The summed E-state index contributed by atoms with van der Waals surface area (Å²) in [5.74, 6) is -7.81. The van der Waals surface area contributed by atoms with Crippen molar-refractivity contribution in [3.63, 3.8) is 0 Å². The molecule has 5 aromatic rings. The molecule has 10 nitrogen and oxygen atoms in total. The summed E-state index contributed by atoms with van der Waals surface area (Å²) in [5, 5.41) is 40.8. The van der Waals surface area contributed by atoms with Gasteiger partial charge >= 0.3 is 24.1 Å². The number of carboxylic acids is 3. The van der Waals surface area contributed by atoms with Crippen molar-refractivity contribution in [2.24, 2.45) is 0 Å². The van der Waals surface area contributed by atoms with E-state index in [-0.39, 0.29) is 16.1 Å². The largest absolute Gasteiger partial charge is 0.478 e. The summed E-state index contributed by atoms with van der Waals surface area (Å²) in [6.45, 7) is 0. The molecule has 0 aliphatic rings. The highest BCUT2D eigenvalue weighted by molar-refractivity contribution is 6.34. The smallest absolute Gasteiger partial charge is 0.416 e. The fraction of sp³-hybridized carbons (Fsp3) is 0.0345. The van der Waals surface area contributed by atoms with E-state index in [1.165, 1.54) is 24.3 Å². The van der Waals surface area contributed by atoms with Gasteiger partial charge in [0.15, 0.2) is 5.82 Å². The third kappa shape index (κ3) is 5.68. The maximum absolute atomic E-state index is 16.0. The first-order valence-electron chi connectivity index (χ1n) is 12.3. The predicted molar refractivity (Wildman–Crippen MR) is 146 cm³/mol. The summed E-state index contributed by atoms with van der Waals surface area (Å²) < 4.78 is 71.8. The molecule has 45 heavy (non-hydrogen) atoms. The molecule has 16 heteroatoms. The molecule has 0 saturated carbocycles. The van der Waals surface area contributed by atoms with Gasteiger partial charge in [-0.25, -0.2) is 23.2 Å². The molecule has 0 atom stereocenters. The van der Waals surface area contributed by atoms with Crippen molar-refractivity contribution >= 4 is 29.5 Å². The number of aromatic carboxylic acids is 3. The first-order chi connectivity index (χ1) is 21.2. The number of carboxylic acid groups (broad SMARTS) is 3. The van der Waals surface area contributed by atoms with Crippen LogP contribution in [0.2, 0.25) is 5.02 Å². The molecule has 0 aliphatic heterocycles. The van der Waals surface area contributed by atoms with Crippen molar-refractivity contribution in [1.82, 2.24) is 20.2 Å². The van der Waals surface area contributed by atoms with Crippen LogP contribution in [0.15, 0.2) is 66.7 Å². The summed E-state index contributed by atoms with van der Waals surface area (Å²) >= 11 is 6.02. The Morgan fingerprint density at radius 1 is 0.778 bits per heavy atom. The molecule has 0 unspecified atom stereocenters. The lowest BCUT2D eigenvalue weighted by molar-refractivity contribution is -0.137. The lowest BCUT2D eigenvalue weighted by Gasteiger charge is -2.20. The highest BCUT2D eigenvalue weighted by Gasteiger charge is 2.34.